The van der Waals surface area contributed by atoms with Gasteiger partial charge in [0.25, 0.3) is 0 Å². The van der Waals surface area contributed by atoms with E-state index in [1.807, 2.05) is 0 Å². The first-order chi connectivity index (χ1) is 17.1. The number of ether oxygens (including phenoxy) is 5. The van der Waals surface area contributed by atoms with Crippen LogP contribution in [-0.2, 0) is 52.5 Å². The number of Topliss-reactive ketones (excluding diaryl/α,β-unsaturated/α-hetero) is 1. The van der Waals surface area contributed by atoms with Gasteiger partial charge in [-0.2, -0.15) is 0 Å². The summed E-state index contributed by atoms with van der Waals surface area (Å²) in [6, 6.07) is 0. The summed E-state index contributed by atoms with van der Waals surface area (Å²) in [7, 11) is 1.04. The summed E-state index contributed by atoms with van der Waals surface area (Å²) in [6.07, 6.45) is 0.534. The molecule has 0 aromatic rings. The van der Waals surface area contributed by atoms with Gasteiger partial charge in [-0.1, -0.05) is 6.92 Å². The lowest BCUT2D eigenvalue weighted by Crippen LogP contribution is -2.35. The van der Waals surface area contributed by atoms with Gasteiger partial charge in [-0.15, -0.1) is 0 Å². The Morgan fingerprint density at radius 1 is 1.05 bits per heavy atom. The normalized spacial score (nSPS) is 17.9. The number of carbonyl (C=O) groups is 6. The van der Waals surface area contributed by atoms with Gasteiger partial charge in [0.15, 0.2) is 5.60 Å². The Kier molecular flexibility index (Phi) is 11.4. The molecule has 37 heavy (non-hydrogen) atoms. The molecule has 0 bridgehead atoms. The molecule has 1 aliphatic heterocycles. The molecule has 12 nitrogen and oxygen atoms in total. The van der Waals surface area contributed by atoms with Crippen LogP contribution < -0.4 is 0 Å². The van der Waals surface area contributed by atoms with Crippen LogP contribution in [0.15, 0.2) is 34.6 Å². The Morgan fingerprint density at radius 2 is 1.65 bits per heavy atom. The van der Waals surface area contributed by atoms with Crippen molar-refractivity contribution in [3.8, 4) is 0 Å². The Morgan fingerprint density at radius 3 is 2.16 bits per heavy atom. The zero-order chi connectivity index (χ0) is 28.5. The van der Waals surface area contributed by atoms with Crippen LogP contribution in [0.4, 0.5) is 0 Å². The first-order valence-electron chi connectivity index (χ1n) is 11.2. The number of hydrogen-bond acceptors (Lipinski definition) is 12. The molecule has 0 saturated carbocycles. The number of hydrogen-bond donors (Lipinski definition) is 1. The fourth-order valence-electron chi connectivity index (χ4n) is 3.11. The highest BCUT2D eigenvalue weighted by molar-refractivity contribution is 5.96. The van der Waals surface area contributed by atoms with Crippen molar-refractivity contribution in [3.05, 3.63) is 34.6 Å². The number of ketones is 1. The molecule has 0 spiro atoms. The standard InChI is InChI=1S/C25H32O12/c1-13(11-34-16(4)27)8-21(29)36-19(9-14(2)15(3)26)22-18(12-35-17(5)28)23(30)37-20(22)10-25(6,32)24(31)33-7/h8,10,14,19,32H,9,11-12H2,1-7H3/b13-8-,20-10+/t14-,19-,25-/m0/s1. The van der Waals surface area contributed by atoms with Gasteiger partial charge < -0.3 is 28.8 Å². The lowest BCUT2D eigenvalue weighted by Gasteiger charge is -2.23. The molecule has 1 rings (SSSR count). The van der Waals surface area contributed by atoms with Crippen LogP contribution in [0.25, 0.3) is 0 Å². The molecule has 204 valence electrons. The Hall–Kier alpha value is -3.80. The molecular formula is C25H32O12. The van der Waals surface area contributed by atoms with Gasteiger partial charge in [0.1, 0.15) is 30.9 Å². The van der Waals surface area contributed by atoms with Crippen molar-refractivity contribution in [1.82, 2.24) is 0 Å². The Bertz CT molecular complexity index is 1040. The minimum Gasteiger partial charge on any atom is -0.467 e. The van der Waals surface area contributed by atoms with E-state index in [2.05, 4.69) is 4.74 Å². The van der Waals surface area contributed by atoms with Gasteiger partial charge in [0.2, 0.25) is 0 Å². The molecule has 12 heteroatoms. The molecule has 1 N–H and O–H groups in total. The third-order valence-corrected chi connectivity index (χ3v) is 5.18. The number of rotatable bonds is 12. The second-order valence-electron chi connectivity index (χ2n) is 8.65. The fourth-order valence-corrected chi connectivity index (χ4v) is 3.11. The molecule has 0 radical (unpaired) electrons. The summed E-state index contributed by atoms with van der Waals surface area (Å²) in [4.78, 5) is 71.9. The molecule has 0 unspecified atom stereocenters. The van der Waals surface area contributed by atoms with E-state index in [0.717, 1.165) is 33.1 Å². The average molecular weight is 525 g/mol. The summed E-state index contributed by atoms with van der Waals surface area (Å²) < 4.78 is 25.2. The zero-order valence-electron chi connectivity index (χ0n) is 21.9. The third-order valence-electron chi connectivity index (χ3n) is 5.18. The van der Waals surface area contributed by atoms with Crippen LogP contribution in [0.5, 0.6) is 0 Å². The molecule has 1 heterocycles. The highest BCUT2D eigenvalue weighted by Crippen LogP contribution is 2.35. The van der Waals surface area contributed by atoms with E-state index in [0.29, 0.717) is 5.57 Å². The van der Waals surface area contributed by atoms with Crippen molar-refractivity contribution in [2.75, 3.05) is 20.3 Å². The largest absolute Gasteiger partial charge is 0.467 e. The first kappa shape index (κ1) is 31.2. The molecule has 0 aliphatic carbocycles. The number of cyclic esters (lactones) is 1. The first-order valence-corrected chi connectivity index (χ1v) is 11.2. The lowest BCUT2D eigenvalue weighted by atomic mass is 9.91. The van der Waals surface area contributed by atoms with Gasteiger partial charge >= 0.3 is 29.8 Å². The minimum atomic E-state index is -2.26. The summed E-state index contributed by atoms with van der Waals surface area (Å²) in [5.41, 5.74) is -2.22. The number of carbonyl (C=O) groups excluding carboxylic acids is 6. The lowest BCUT2D eigenvalue weighted by molar-refractivity contribution is -0.156. The van der Waals surface area contributed by atoms with Crippen LogP contribution >= 0.6 is 0 Å². The van der Waals surface area contributed by atoms with Crippen LogP contribution in [0.3, 0.4) is 0 Å². The van der Waals surface area contributed by atoms with Crippen LogP contribution in [0.1, 0.15) is 48.0 Å². The van der Waals surface area contributed by atoms with Gasteiger partial charge in [0, 0.05) is 37.5 Å². The Balaban J connectivity index is 3.62. The number of esters is 5. The molecule has 0 fully saturated rings. The van der Waals surface area contributed by atoms with Gasteiger partial charge in [-0.25, -0.2) is 14.4 Å². The molecule has 0 aromatic heterocycles. The van der Waals surface area contributed by atoms with Gasteiger partial charge in [-0.3, -0.25) is 14.4 Å². The predicted octanol–water partition coefficient (Wildman–Crippen LogP) is 1.25. The van der Waals surface area contributed by atoms with E-state index in [9.17, 15) is 33.9 Å². The second kappa shape index (κ2) is 13.5. The predicted molar refractivity (Wildman–Crippen MR) is 125 cm³/mol. The second-order valence-corrected chi connectivity index (χ2v) is 8.65. The van der Waals surface area contributed by atoms with E-state index >= 15 is 0 Å². The van der Waals surface area contributed by atoms with Crippen molar-refractivity contribution < 1.29 is 57.6 Å². The van der Waals surface area contributed by atoms with E-state index in [4.69, 9.17) is 18.9 Å². The van der Waals surface area contributed by atoms with Crippen LogP contribution in [-0.4, -0.2) is 72.8 Å². The number of aliphatic hydroxyl groups is 1. The smallest absolute Gasteiger partial charge is 0.343 e. The van der Waals surface area contributed by atoms with E-state index < -0.39 is 54.1 Å². The van der Waals surface area contributed by atoms with Crippen molar-refractivity contribution in [1.29, 1.82) is 0 Å². The highest BCUT2D eigenvalue weighted by atomic mass is 16.6. The highest BCUT2D eigenvalue weighted by Gasteiger charge is 2.41. The van der Waals surface area contributed by atoms with E-state index in [-0.39, 0.29) is 35.7 Å². The van der Waals surface area contributed by atoms with Crippen molar-refractivity contribution in [3.63, 3.8) is 0 Å². The zero-order valence-corrected chi connectivity index (χ0v) is 21.9. The summed E-state index contributed by atoms with van der Waals surface area (Å²) in [6.45, 7) is 7.09. The molecule has 0 saturated heterocycles. The maximum atomic E-state index is 12.7. The molecular weight excluding hydrogens is 492 g/mol. The third kappa shape index (κ3) is 9.64. The molecule has 0 amide bonds. The fraction of sp³-hybridized carbons (Fsp3) is 0.520. The average Bonchev–Trinajstić information content (AvgIpc) is 3.08. The van der Waals surface area contributed by atoms with E-state index in [1.54, 1.807) is 6.92 Å². The van der Waals surface area contributed by atoms with Crippen molar-refractivity contribution >= 4 is 35.6 Å². The summed E-state index contributed by atoms with van der Waals surface area (Å²) >= 11 is 0. The van der Waals surface area contributed by atoms with Crippen molar-refractivity contribution in [2.45, 2.75) is 59.7 Å². The van der Waals surface area contributed by atoms with Gasteiger partial charge in [0.05, 0.1) is 12.7 Å². The minimum absolute atomic E-state index is 0.0945. The quantitative estimate of drug-likeness (QED) is 0.221. The topological polar surface area (TPSA) is 169 Å². The van der Waals surface area contributed by atoms with E-state index in [1.165, 1.54) is 20.8 Å². The Labute approximate surface area is 214 Å². The molecule has 3 atom stereocenters. The SMILES string of the molecule is COC(=O)[C@@](C)(O)/C=C1/OC(=O)C(COC(C)=O)=C1[C@H](C[C@H](C)C(C)=O)OC(=O)/C=C(/C)COC(C)=O. The molecule has 1 aliphatic rings. The summed E-state index contributed by atoms with van der Waals surface area (Å²) in [5.74, 6) is -5.46. The van der Waals surface area contributed by atoms with Crippen LogP contribution in [0.2, 0.25) is 0 Å². The maximum Gasteiger partial charge on any atom is 0.343 e. The molecule has 0 aromatic carbocycles. The van der Waals surface area contributed by atoms with Gasteiger partial charge in [-0.05, 0) is 32.8 Å². The van der Waals surface area contributed by atoms with Crippen LogP contribution in [0, 0.1) is 5.92 Å². The summed E-state index contributed by atoms with van der Waals surface area (Å²) in [5, 5.41) is 10.5. The van der Waals surface area contributed by atoms with Crippen molar-refractivity contribution in [2.24, 2.45) is 5.92 Å². The monoisotopic (exact) mass is 524 g/mol. The number of methoxy groups -OCH3 is 1. The maximum absolute atomic E-state index is 12.7.